The molecule has 0 spiro atoms. The van der Waals surface area contributed by atoms with Gasteiger partial charge in [0, 0.05) is 36.4 Å². The summed E-state index contributed by atoms with van der Waals surface area (Å²) in [6.07, 6.45) is 2.10. The molecule has 0 unspecified atom stereocenters. The van der Waals surface area contributed by atoms with E-state index in [1.807, 2.05) is 24.4 Å². The molecule has 1 atom stereocenters. The van der Waals surface area contributed by atoms with Crippen molar-refractivity contribution >= 4 is 59.6 Å². The van der Waals surface area contributed by atoms with E-state index in [1.54, 1.807) is 18.3 Å². The van der Waals surface area contributed by atoms with Gasteiger partial charge in [0.2, 0.25) is 5.88 Å². The third-order valence-corrected chi connectivity index (χ3v) is 9.88. The van der Waals surface area contributed by atoms with Crippen molar-refractivity contribution in [3.05, 3.63) is 58.5 Å². The first-order chi connectivity index (χ1) is 19.8. The van der Waals surface area contributed by atoms with Gasteiger partial charge in [-0.3, -0.25) is 10.1 Å². The molecule has 216 valence electrons. The van der Waals surface area contributed by atoms with Gasteiger partial charge in [0.1, 0.15) is 22.0 Å². The van der Waals surface area contributed by atoms with E-state index in [4.69, 9.17) is 14.3 Å². The highest BCUT2D eigenvalue weighted by molar-refractivity contribution is 7.92. The molecule has 1 amide bonds. The molecule has 0 saturated carbocycles. The first-order valence-electron chi connectivity index (χ1n) is 12.7. The third-order valence-electron chi connectivity index (χ3n) is 6.06. The summed E-state index contributed by atoms with van der Waals surface area (Å²) >= 11 is 2.59. The molecule has 3 aromatic heterocycles. The van der Waals surface area contributed by atoms with E-state index in [2.05, 4.69) is 25.4 Å². The first-order valence-corrected chi connectivity index (χ1v) is 15.9. The van der Waals surface area contributed by atoms with E-state index in [0.717, 1.165) is 6.54 Å². The lowest BCUT2D eigenvalue weighted by Gasteiger charge is -2.11. The van der Waals surface area contributed by atoms with Crippen LogP contribution in [0.1, 0.15) is 17.0 Å². The SMILES string of the molecule is CN(C)CCOc1ccc2nc(NC(=O)C(=NOCc3nccs3)c3ccc(S(=O)(=O)[C@H]4CCOC4)cc3)sc2n1. The summed E-state index contributed by atoms with van der Waals surface area (Å²) in [4.78, 5) is 34.7. The van der Waals surface area contributed by atoms with Crippen LogP contribution < -0.4 is 10.1 Å². The molecular weight excluding hydrogens is 589 g/mol. The number of nitrogens with one attached hydrogen (secondary N) is 1. The molecule has 15 heteroatoms. The van der Waals surface area contributed by atoms with Crippen LogP contribution in [0.4, 0.5) is 5.13 Å². The summed E-state index contributed by atoms with van der Waals surface area (Å²) in [5.74, 6) is -0.108. The number of benzene rings is 1. The maximum atomic E-state index is 13.4. The van der Waals surface area contributed by atoms with E-state index in [9.17, 15) is 13.2 Å². The first kappa shape index (κ1) is 29.0. The number of ether oxygens (including phenoxy) is 2. The van der Waals surface area contributed by atoms with Gasteiger partial charge in [0.05, 0.1) is 16.8 Å². The fraction of sp³-hybridized carbons (Fsp3) is 0.346. The maximum absolute atomic E-state index is 13.4. The van der Waals surface area contributed by atoms with Crippen LogP contribution in [0.3, 0.4) is 0 Å². The standard InChI is InChI=1S/C26H28N6O6S3/c1-32(2)11-13-37-21-8-7-20-25(29-21)40-26(28-20)30-24(33)23(31-38-16-22-27-10-14-39-22)17-3-5-18(6-4-17)41(34,35)19-9-12-36-15-19/h3-8,10,14,19H,9,11-13,15-16H2,1-2H3,(H,28,30,33)/t19-/m0/s1. The summed E-state index contributed by atoms with van der Waals surface area (Å²) in [6.45, 7) is 1.90. The number of carbonyl (C=O) groups excluding carboxylic acids is 1. The minimum atomic E-state index is -3.56. The lowest BCUT2D eigenvalue weighted by molar-refractivity contribution is -0.110. The predicted octanol–water partition coefficient (Wildman–Crippen LogP) is 3.21. The third kappa shape index (κ3) is 7.23. The van der Waals surface area contributed by atoms with Gasteiger partial charge in [-0.1, -0.05) is 28.6 Å². The number of hydrogen-bond acceptors (Lipinski definition) is 13. The fourth-order valence-corrected chi connectivity index (χ4v) is 6.81. The molecule has 41 heavy (non-hydrogen) atoms. The van der Waals surface area contributed by atoms with Crippen LogP contribution in [0.25, 0.3) is 10.3 Å². The molecule has 5 rings (SSSR count). The number of anilines is 1. The van der Waals surface area contributed by atoms with Gasteiger partial charge in [-0.05, 0) is 38.7 Å². The Bertz CT molecular complexity index is 1620. The van der Waals surface area contributed by atoms with Gasteiger partial charge in [0.15, 0.2) is 27.3 Å². The van der Waals surface area contributed by atoms with Crippen molar-refractivity contribution in [3.8, 4) is 5.88 Å². The second kappa shape index (κ2) is 13.0. The number of oxime groups is 1. The monoisotopic (exact) mass is 616 g/mol. The number of hydrogen-bond donors (Lipinski definition) is 1. The highest BCUT2D eigenvalue weighted by atomic mass is 32.2. The van der Waals surface area contributed by atoms with Gasteiger partial charge in [-0.25, -0.2) is 23.4 Å². The zero-order chi connectivity index (χ0) is 28.8. The highest BCUT2D eigenvalue weighted by Gasteiger charge is 2.31. The Balaban J connectivity index is 1.35. The molecule has 0 bridgehead atoms. The Morgan fingerprint density at radius 2 is 2.02 bits per heavy atom. The Morgan fingerprint density at radius 3 is 2.73 bits per heavy atom. The highest BCUT2D eigenvalue weighted by Crippen LogP contribution is 2.27. The quantitative estimate of drug-likeness (QED) is 0.186. The molecule has 1 fully saturated rings. The molecule has 0 radical (unpaired) electrons. The minimum absolute atomic E-state index is 0.0466. The Kier molecular flexibility index (Phi) is 9.19. The number of nitrogens with zero attached hydrogens (tertiary/aromatic N) is 5. The number of carbonyl (C=O) groups is 1. The molecule has 1 aliphatic rings. The summed E-state index contributed by atoms with van der Waals surface area (Å²) < 4.78 is 36.8. The molecular formula is C26H28N6O6S3. The summed E-state index contributed by atoms with van der Waals surface area (Å²) in [5, 5.41) is 9.08. The zero-order valence-electron chi connectivity index (χ0n) is 22.3. The van der Waals surface area contributed by atoms with Crippen molar-refractivity contribution in [1.29, 1.82) is 0 Å². The van der Waals surface area contributed by atoms with Gasteiger partial charge in [0.25, 0.3) is 5.91 Å². The van der Waals surface area contributed by atoms with Gasteiger partial charge < -0.3 is 19.2 Å². The predicted molar refractivity (Wildman–Crippen MR) is 156 cm³/mol. The number of amides is 1. The van der Waals surface area contributed by atoms with Crippen molar-refractivity contribution in [2.75, 3.05) is 45.8 Å². The summed E-state index contributed by atoms with van der Waals surface area (Å²) in [7, 11) is 0.364. The zero-order valence-corrected chi connectivity index (χ0v) is 24.8. The van der Waals surface area contributed by atoms with Gasteiger partial charge >= 0.3 is 0 Å². The average Bonchev–Trinajstić information content (AvgIpc) is 3.73. The summed E-state index contributed by atoms with van der Waals surface area (Å²) in [6, 6.07) is 9.50. The number of rotatable bonds is 12. The molecule has 1 aliphatic heterocycles. The van der Waals surface area contributed by atoms with Crippen molar-refractivity contribution in [2.24, 2.45) is 5.16 Å². The van der Waals surface area contributed by atoms with E-state index in [0.29, 0.717) is 51.6 Å². The molecule has 0 aliphatic carbocycles. The van der Waals surface area contributed by atoms with Gasteiger partial charge in [-0.15, -0.1) is 11.3 Å². The van der Waals surface area contributed by atoms with Crippen LogP contribution in [0.2, 0.25) is 0 Å². The van der Waals surface area contributed by atoms with Gasteiger partial charge in [-0.2, -0.15) is 0 Å². The Labute approximate surface area is 244 Å². The number of aromatic nitrogens is 3. The smallest absolute Gasteiger partial charge is 0.280 e. The second-order valence-corrected chi connectivity index (χ2v) is 13.5. The molecule has 1 saturated heterocycles. The number of pyridine rings is 1. The molecule has 1 aromatic carbocycles. The number of sulfone groups is 1. The molecule has 4 heterocycles. The second-order valence-electron chi connectivity index (χ2n) is 9.29. The Morgan fingerprint density at radius 1 is 1.20 bits per heavy atom. The van der Waals surface area contributed by atoms with Crippen molar-refractivity contribution in [2.45, 2.75) is 23.2 Å². The summed E-state index contributed by atoms with van der Waals surface area (Å²) in [5.41, 5.74) is 0.933. The fourth-order valence-electron chi connectivity index (χ4n) is 3.88. The van der Waals surface area contributed by atoms with Crippen molar-refractivity contribution in [1.82, 2.24) is 19.9 Å². The number of thiazole rings is 2. The Hall–Kier alpha value is -3.50. The van der Waals surface area contributed by atoms with Crippen LogP contribution in [0.5, 0.6) is 5.88 Å². The molecule has 1 N–H and O–H groups in total. The number of likely N-dealkylation sites (N-methyl/N-ethyl adjacent to an activating group) is 1. The van der Waals surface area contributed by atoms with Crippen LogP contribution >= 0.6 is 22.7 Å². The van der Waals surface area contributed by atoms with Crippen molar-refractivity contribution < 1.29 is 27.5 Å². The lowest BCUT2D eigenvalue weighted by atomic mass is 10.1. The molecule has 4 aromatic rings. The van der Waals surface area contributed by atoms with Crippen LogP contribution in [-0.2, 0) is 30.8 Å². The van der Waals surface area contributed by atoms with Crippen LogP contribution in [0, 0.1) is 0 Å². The molecule has 12 nitrogen and oxygen atoms in total. The van der Waals surface area contributed by atoms with Crippen LogP contribution in [0.15, 0.2) is 58.0 Å². The topological polar surface area (TPSA) is 145 Å². The minimum Gasteiger partial charge on any atom is -0.476 e. The van der Waals surface area contributed by atoms with Crippen molar-refractivity contribution in [3.63, 3.8) is 0 Å². The van der Waals surface area contributed by atoms with E-state index in [1.165, 1.54) is 46.9 Å². The average molecular weight is 617 g/mol. The number of fused-ring (bicyclic) bond motifs is 1. The largest absolute Gasteiger partial charge is 0.476 e. The van der Waals surface area contributed by atoms with E-state index < -0.39 is 21.0 Å². The normalized spacial score (nSPS) is 15.9. The van der Waals surface area contributed by atoms with E-state index >= 15 is 0 Å². The van der Waals surface area contributed by atoms with E-state index in [-0.39, 0.29) is 23.8 Å². The lowest BCUT2D eigenvalue weighted by Crippen LogP contribution is -2.25. The maximum Gasteiger partial charge on any atom is 0.280 e. The van der Waals surface area contributed by atoms with Crippen LogP contribution in [-0.4, -0.2) is 85.6 Å².